The number of fused-ring (bicyclic) bond motifs is 1. The highest BCUT2D eigenvalue weighted by atomic mass is 19.3. The molecule has 1 amide bonds. The zero-order valence-corrected chi connectivity index (χ0v) is 19.1. The van der Waals surface area contributed by atoms with E-state index in [0.29, 0.717) is 18.9 Å². The summed E-state index contributed by atoms with van der Waals surface area (Å²) in [4.78, 5) is 16.3. The molecular weight excluding hydrogens is 465 g/mol. The van der Waals surface area contributed by atoms with E-state index in [0.717, 1.165) is 42.8 Å². The van der Waals surface area contributed by atoms with Gasteiger partial charge in [-0.25, -0.2) is 19.0 Å². The Hall–Kier alpha value is -3.58. The highest BCUT2D eigenvalue weighted by Crippen LogP contribution is 2.27. The summed E-state index contributed by atoms with van der Waals surface area (Å²) in [5, 5.41) is 12.1. The summed E-state index contributed by atoms with van der Waals surface area (Å²) in [6.07, 6.45) is -2.80. The normalized spacial score (nSPS) is 19.2. The van der Waals surface area contributed by atoms with E-state index in [-0.39, 0.29) is 41.5 Å². The number of nitrogens with two attached hydrogens (primary N) is 2. The van der Waals surface area contributed by atoms with Crippen LogP contribution in [-0.4, -0.2) is 66.4 Å². The van der Waals surface area contributed by atoms with Crippen molar-refractivity contribution in [1.29, 1.82) is 0 Å². The number of piperazine rings is 2. The molecular formula is C22H27F3N8O2. The Labute approximate surface area is 200 Å². The molecule has 0 spiro atoms. The molecule has 0 radical (unpaired) electrons. The third kappa shape index (κ3) is 5.41. The Balaban J connectivity index is 1.40. The Bertz CT molecular complexity index is 1090. The summed E-state index contributed by atoms with van der Waals surface area (Å²) in [7, 11) is 0. The first-order chi connectivity index (χ1) is 16.7. The SMILES string of the molecule is C/C(N)=C(\COc1ccc(N2CCN3CCNC(=O)C3C2)nn1)N(N)c1ccc(C(F)F)cc1F. The zero-order valence-electron chi connectivity index (χ0n) is 19.1. The van der Waals surface area contributed by atoms with Gasteiger partial charge in [-0.2, -0.15) is 0 Å². The molecule has 2 saturated heterocycles. The standard InChI is InChI=1S/C22H27F3N8O2/c1-13(26)18(33(27)16-3-2-14(21(24)25)10-15(16)23)12-35-20-5-4-19(29-30-20)32-9-8-31-7-6-28-22(34)17(31)11-32/h2-5,10,17,21H,6-9,11-12,26-27H2,1H3,(H,28,34)/b18-13-. The van der Waals surface area contributed by atoms with Crippen LogP contribution in [0.25, 0.3) is 0 Å². The fraction of sp³-hybridized carbons (Fsp3) is 0.409. The summed E-state index contributed by atoms with van der Waals surface area (Å²) in [5.41, 5.74) is 5.79. The number of carbonyl (C=O) groups excluding carboxylic acids is 1. The van der Waals surface area contributed by atoms with Crippen LogP contribution in [0.15, 0.2) is 41.7 Å². The molecule has 0 aliphatic carbocycles. The number of hydrazine groups is 1. The summed E-state index contributed by atoms with van der Waals surface area (Å²) >= 11 is 0. The highest BCUT2D eigenvalue weighted by Gasteiger charge is 2.35. The lowest BCUT2D eigenvalue weighted by atomic mass is 10.1. The lowest BCUT2D eigenvalue weighted by molar-refractivity contribution is -0.129. The third-order valence-electron chi connectivity index (χ3n) is 6.03. The number of carbonyl (C=O) groups is 1. The minimum absolute atomic E-state index is 0.0111. The maximum Gasteiger partial charge on any atom is 0.263 e. The maximum atomic E-state index is 14.4. The van der Waals surface area contributed by atoms with Crippen LogP contribution in [0, 0.1) is 5.82 Å². The topological polar surface area (TPSA) is 126 Å². The van der Waals surface area contributed by atoms with Gasteiger partial charge in [-0.1, -0.05) is 6.07 Å². The number of alkyl halides is 2. The second-order valence-corrected chi connectivity index (χ2v) is 8.32. The molecule has 10 nitrogen and oxygen atoms in total. The summed E-state index contributed by atoms with van der Waals surface area (Å²) < 4.78 is 45.7. The number of aromatic nitrogens is 2. The summed E-state index contributed by atoms with van der Waals surface area (Å²) in [6.45, 7) is 4.87. The molecule has 13 heteroatoms. The van der Waals surface area contributed by atoms with E-state index in [1.807, 2.05) is 4.90 Å². The molecule has 1 aromatic heterocycles. The van der Waals surface area contributed by atoms with Crippen molar-refractivity contribution in [3.63, 3.8) is 0 Å². The van der Waals surface area contributed by atoms with Crippen LogP contribution >= 0.6 is 0 Å². The molecule has 1 unspecified atom stereocenters. The van der Waals surface area contributed by atoms with Crippen molar-refractivity contribution in [3.05, 3.63) is 53.1 Å². The van der Waals surface area contributed by atoms with E-state index >= 15 is 0 Å². The molecule has 1 atom stereocenters. The largest absolute Gasteiger partial charge is 0.470 e. The van der Waals surface area contributed by atoms with Crippen molar-refractivity contribution >= 4 is 17.4 Å². The van der Waals surface area contributed by atoms with Gasteiger partial charge < -0.3 is 20.7 Å². The van der Waals surface area contributed by atoms with Crippen LogP contribution in [0.1, 0.15) is 18.9 Å². The Morgan fingerprint density at radius 2 is 2.06 bits per heavy atom. The number of hydrogen-bond donors (Lipinski definition) is 3. The second kappa shape index (κ2) is 10.4. The van der Waals surface area contributed by atoms with Crippen LogP contribution < -0.4 is 31.5 Å². The van der Waals surface area contributed by atoms with E-state index in [1.165, 1.54) is 0 Å². The molecule has 2 aliphatic rings. The van der Waals surface area contributed by atoms with Crippen LogP contribution in [-0.2, 0) is 4.79 Å². The van der Waals surface area contributed by atoms with Crippen LogP contribution in [0.3, 0.4) is 0 Å². The van der Waals surface area contributed by atoms with E-state index in [9.17, 15) is 18.0 Å². The molecule has 2 aliphatic heterocycles. The molecule has 3 heterocycles. The second-order valence-electron chi connectivity index (χ2n) is 8.32. The smallest absolute Gasteiger partial charge is 0.263 e. The van der Waals surface area contributed by atoms with Gasteiger partial charge in [-0.05, 0) is 25.1 Å². The molecule has 4 rings (SSSR count). The molecule has 35 heavy (non-hydrogen) atoms. The third-order valence-corrected chi connectivity index (χ3v) is 6.03. The Morgan fingerprint density at radius 1 is 1.26 bits per heavy atom. The van der Waals surface area contributed by atoms with Crippen LogP contribution in [0.5, 0.6) is 5.88 Å². The maximum absolute atomic E-state index is 14.4. The number of hydrogen-bond acceptors (Lipinski definition) is 9. The summed E-state index contributed by atoms with van der Waals surface area (Å²) in [6, 6.07) is 6.11. The molecule has 188 valence electrons. The number of allylic oxidation sites excluding steroid dienone is 1. The lowest BCUT2D eigenvalue weighted by Gasteiger charge is -2.43. The monoisotopic (exact) mass is 492 g/mol. The van der Waals surface area contributed by atoms with Crippen molar-refractivity contribution in [2.45, 2.75) is 19.4 Å². The first kappa shape index (κ1) is 24.5. The van der Waals surface area contributed by atoms with E-state index in [1.54, 1.807) is 19.1 Å². The molecule has 1 aromatic carbocycles. The fourth-order valence-corrected chi connectivity index (χ4v) is 4.06. The molecule has 2 aromatic rings. The van der Waals surface area contributed by atoms with Crippen molar-refractivity contribution in [1.82, 2.24) is 20.4 Å². The number of rotatable bonds is 7. The van der Waals surface area contributed by atoms with Gasteiger partial charge >= 0.3 is 0 Å². The number of anilines is 2. The van der Waals surface area contributed by atoms with Crippen molar-refractivity contribution in [3.8, 4) is 5.88 Å². The summed E-state index contributed by atoms with van der Waals surface area (Å²) in [5.74, 6) is 5.92. The van der Waals surface area contributed by atoms with Gasteiger partial charge in [0, 0.05) is 50.1 Å². The number of halogens is 3. The van der Waals surface area contributed by atoms with Crippen LogP contribution in [0.4, 0.5) is 24.7 Å². The average molecular weight is 493 g/mol. The number of ether oxygens (including phenoxy) is 1. The minimum atomic E-state index is -2.80. The first-order valence-corrected chi connectivity index (χ1v) is 11.1. The minimum Gasteiger partial charge on any atom is -0.470 e. The first-order valence-electron chi connectivity index (χ1n) is 11.1. The fourth-order valence-electron chi connectivity index (χ4n) is 4.06. The highest BCUT2D eigenvalue weighted by molar-refractivity contribution is 5.83. The number of nitrogens with zero attached hydrogens (tertiary/aromatic N) is 5. The number of amides is 1. The van der Waals surface area contributed by atoms with Crippen molar-refractivity contribution < 1.29 is 22.7 Å². The molecule has 0 bridgehead atoms. The van der Waals surface area contributed by atoms with Crippen molar-refractivity contribution in [2.24, 2.45) is 11.6 Å². The van der Waals surface area contributed by atoms with Gasteiger partial charge in [-0.3, -0.25) is 14.7 Å². The molecule has 2 fully saturated rings. The van der Waals surface area contributed by atoms with Gasteiger partial charge in [0.1, 0.15) is 18.5 Å². The van der Waals surface area contributed by atoms with Gasteiger partial charge in [0.05, 0.1) is 11.4 Å². The van der Waals surface area contributed by atoms with Crippen LogP contribution in [0.2, 0.25) is 0 Å². The zero-order chi connectivity index (χ0) is 25.1. The lowest BCUT2D eigenvalue weighted by Crippen LogP contribution is -2.64. The predicted octanol–water partition coefficient (Wildman–Crippen LogP) is 1.12. The van der Waals surface area contributed by atoms with Gasteiger partial charge in [0.15, 0.2) is 5.82 Å². The average Bonchev–Trinajstić information content (AvgIpc) is 2.84. The van der Waals surface area contributed by atoms with E-state index in [4.69, 9.17) is 16.3 Å². The Morgan fingerprint density at radius 3 is 2.71 bits per heavy atom. The molecule has 5 N–H and O–H groups in total. The molecule has 0 saturated carbocycles. The predicted molar refractivity (Wildman–Crippen MR) is 123 cm³/mol. The quantitative estimate of drug-likeness (QED) is 0.385. The number of benzene rings is 1. The van der Waals surface area contributed by atoms with Gasteiger partial charge in [-0.15, -0.1) is 10.2 Å². The van der Waals surface area contributed by atoms with E-state index < -0.39 is 17.8 Å². The van der Waals surface area contributed by atoms with E-state index in [2.05, 4.69) is 20.4 Å². The van der Waals surface area contributed by atoms with Gasteiger partial charge in [0.2, 0.25) is 11.8 Å². The Kier molecular flexibility index (Phi) is 7.26. The van der Waals surface area contributed by atoms with Gasteiger partial charge in [0.25, 0.3) is 6.43 Å². The number of nitrogens with one attached hydrogen (secondary N) is 1. The van der Waals surface area contributed by atoms with Crippen molar-refractivity contribution in [2.75, 3.05) is 49.2 Å².